The van der Waals surface area contributed by atoms with Gasteiger partial charge in [-0.2, -0.15) is 9.49 Å². The summed E-state index contributed by atoms with van der Waals surface area (Å²) in [5.74, 6) is -5.56. The highest BCUT2D eigenvalue weighted by atomic mass is 19.2. The van der Waals surface area contributed by atoms with Gasteiger partial charge in [-0.1, -0.05) is 0 Å². The summed E-state index contributed by atoms with van der Waals surface area (Å²) in [7, 11) is 1.51. The lowest BCUT2D eigenvalue weighted by molar-refractivity contribution is 0.377. The molecule has 0 amide bonds. The van der Waals surface area contributed by atoms with Crippen LogP contribution in [0.25, 0.3) is 11.1 Å². The first-order chi connectivity index (χ1) is 7.93. The zero-order valence-corrected chi connectivity index (χ0v) is 8.71. The van der Waals surface area contributed by atoms with Gasteiger partial charge in [-0.05, 0) is 6.07 Å². The maximum atomic E-state index is 13.6. The number of phenols is 1. The van der Waals surface area contributed by atoms with Gasteiger partial charge in [0.1, 0.15) is 5.82 Å². The summed E-state index contributed by atoms with van der Waals surface area (Å²) in [6.07, 6.45) is 1.20. The van der Waals surface area contributed by atoms with Crippen molar-refractivity contribution in [1.29, 1.82) is 0 Å². The number of halogens is 3. The van der Waals surface area contributed by atoms with E-state index in [-0.39, 0.29) is 16.9 Å². The van der Waals surface area contributed by atoms with Crippen LogP contribution < -0.4 is 5.73 Å². The van der Waals surface area contributed by atoms with Crippen molar-refractivity contribution in [2.45, 2.75) is 0 Å². The lowest BCUT2D eigenvalue weighted by atomic mass is 10.1. The number of nitrogen functional groups attached to an aromatic ring is 1. The predicted molar refractivity (Wildman–Crippen MR) is 54.6 cm³/mol. The molecule has 1 aromatic heterocycles. The Hall–Kier alpha value is -2.18. The molecule has 0 spiro atoms. The Balaban J connectivity index is 2.73. The van der Waals surface area contributed by atoms with Gasteiger partial charge in [-0.3, -0.25) is 4.68 Å². The number of nitrogens with zero attached hydrogens (tertiary/aromatic N) is 2. The van der Waals surface area contributed by atoms with Crippen LogP contribution in [0.5, 0.6) is 5.75 Å². The molecule has 2 aromatic rings. The third-order valence-electron chi connectivity index (χ3n) is 2.41. The van der Waals surface area contributed by atoms with Crippen LogP contribution in [-0.2, 0) is 7.05 Å². The first kappa shape index (κ1) is 11.3. The van der Waals surface area contributed by atoms with Gasteiger partial charge in [-0.15, -0.1) is 0 Å². The average Bonchev–Trinajstić information content (AvgIpc) is 2.62. The Morgan fingerprint density at radius 3 is 2.41 bits per heavy atom. The molecule has 0 fully saturated rings. The third-order valence-corrected chi connectivity index (χ3v) is 2.41. The van der Waals surface area contributed by atoms with E-state index in [2.05, 4.69) is 5.10 Å². The smallest absolute Gasteiger partial charge is 0.203 e. The van der Waals surface area contributed by atoms with E-state index in [0.717, 1.165) is 0 Å². The molecule has 0 saturated heterocycles. The number of rotatable bonds is 1. The molecule has 4 nitrogen and oxygen atoms in total. The van der Waals surface area contributed by atoms with Crippen molar-refractivity contribution in [2.24, 2.45) is 7.05 Å². The van der Waals surface area contributed by atoms with Crippen LogP contribution in [0, 0.1) is 17.5 Å². The van der Waals surface area contributed by atoms with Gasteiger partial charge in [0.2, 0.25) is 5.82 Å². The van der Waals surface area contributed by atoms with Crippen LogP contribution >= 0.6 is 0 Å². The highest BCUT2D eigenvalue weighted by Gasteiger charge is 2.21. The van der Waals surface area contributed by atoms with E-state index in [1.165, 1.54) is 17.9 Å². The molecule has 0 aliphatic carbocycles. The number of hydrogen-bond donors (Lipinski definition) is 2. The minimum absolute atomic E-state index is 0.0781. The molecule has 1 heterocycles. The summed E-state index contributed by atoms with van der Waals surface area (Å²) in [6, 6.07) is 0.623. The van der Waals surface area contributed by atoms with Crippen molar-refractivity contribution in [3.05, 3.63) is 29.7 Å². The van der Waals surface area contributed by atoms with Crippen molar-refractivity contribution in [3.8, 4) is 16.9 Å². The second-order valence-corrected chi connectivity index (χ2v) is 3.45. The molecule has 0 aliphatic heterocycles. The SMILES string of the molecule is Cn1ncc(-c2cc(F)c(F)c(O)c2F)c1N. The van der Waals surface area contributed by atoms with E-state index in [4.69, 9.17) is 10.8 Å². The largest absolute Gasteiger partial charge is 0.503 e. The van der Waals surface area contributed by atoms with E-state index >= 15 is 0 Å². The van der Waals surface area contributed by atoms with E-state index in [1.54, 1.807) is 0 Å². The summed E-state index contributed by atoms with van der Waals surface area (Å²) in [5.41, 5.74) is 5.32. The highest BCUT2D eigenvalue weighted by molar-refractivity contribution is 5.75. The van der Waals surface area contributed by atoms with Crippen LogP contribution in [0.4, 0.5) is 19.0 Å². The van der Waals surface area contributed by atoms with Crippen molar-refractivity contribution in [1.82, 2.24) is 9.78 Å². The first-order valence-electron chi connectivity index (χ1n) is 4.57. The Morgan fingerprint density at radius 1 is 1.24 bits per heavy atom. The molecule has 0 bridgehead atoms. The number of aryl methyl sites for hydroxylation is 1. The molecule has 0 atom stereocenters. The topological polar surface area (TPSA) is 64.1 Å². The van der Waals surface area contributed by atoms with Crippen molar-refractivity contribution in [2.75, 3.05) is 5.73 Å². The molecule has 1 aromatic carbocycles. The Morgan fingerprint density at radius 2 is 1.88 bits per heavy atom. The van der Waals surface area contributed by atoms with Gasteiger partial charge < -0.3 is 10.8 Å². The van der Waals surface area contributed by atoms with Gasteiger partial charge in [0.05, 0.1) is 6.20 Å². The maximum absolute atomic E-state index is 13.6. The van der Waals surface area contributed by atoms with Gasteiger partial charge in [0.15, 0.2) is 17.4 Å². The van der Waals surface area contributed by atoms with E-state index in [0.29, 0.717) is 6.07 Å². The summed E-state index contributed by atoms with van der Waals surface area (Å²) in [6.45, 7) is 0. The highest BCUT2D eigenvalue weighted by Crippen LogP contribution is 2.34. The molecule has 0 unspecified atom stereocenters. The monoisotopic (exact) mass is 243 g/mol. The summed E-state index contributed by atoms with van der Waals surface area (Å²) in [4.78, 5) is 0. The Labute approximate surface area is 94.1 Å². The molecule has 0 aliphatic rings. The summed E-state index contributed by atoms with van der Waals surface area (Å²) < 4.78 is 40.8. The number of aromatic hydroxyl groups is 1. The summed E-state index contributed by atoms with van der Waals surface area (Å²) >= 11 is 0. The van der Waals surface area contributed by atoms with Gasteiger partial charge >= 0.3 is 0 Å². The Bertz CT molecular complexity index is 595. The molecule has 90 valence electrons. The number of aromatic nitrogens is 2. The predicted octanol–water partition coefficient (Wildman–Crippen LogP) is 1.79. The fourth-order valence-corrected chi connectivity index (χ4v) is 1.44. The second-order valence-electron chi connectivity index (χ2n) is 3.45. The van der Waals surface area contributed by atoms with Crippen LogP contribution in [0.1, 0.15) is 0 Å². The van der Waals surface area contributed by atoms with Crippen molar-refractivity contribution in [3.63, 3.8) is 0 Å². The van der Waals surface area contributed by atoms with Crippen LogP contribution in [-0.4, -0.2) is 14.9 Å². The zero-order chi connectivity index (χ0) is 12.7. The first-order valence-corrected chi connectivity index (χ1v) is 4.57. The standard InChI is InChI=1S/C10H8F3N3O/c1-16-10(14)5(3-15-16)4-2-6(11)8(13)9(17)7(4)12/h2-3,17H,14H2,1H3. The lowest BCUT2D eigenvalue weighted by Crippen LogP contribution is -1.99. The van der Waals surface area contributed by atoms with Crippen molar-refractivity contribution >= 4 is 5.82 Å². The molecule has 2 rings (SSSR count). The van der Waals surface area contributed by atoms with Gasteiger partial charge in [0.25, 0.3) is 0 Å². The van der Waals surface area contributed by atoms with Gasteiger partial charge in [-0.25, -0.2) is 8.78 Å². The third kappa shape index (κ3) is 1.59. The number of benzene rings is 1. The fourth-order valence-electron chi connectivity index (χ4n) is 1.44. The molecule has 17 heavy (non-hydrogen) atoms. The molecule has 3 N–H and O–H groups in total. The molecule has 0 saturated carbocycles. The maximum Gasteiger partial charge on any atom is 0.203 e. The molecular weight excluding hydrogens is 235 g/mol. The second kappa shape index (κ2) is 3.69. The number of anilines is 1. The number of phenolic OH excluding ortho intramolecular Hbond substituents is 1. The van der Waals surface area contributed by atoms with Crippen LogP contribution in [0.3, 0.4) is 0 Å². The van der Waals surface area contributed by atoms with E-state index < -0.39 is 23.2 Å². The average molecular weight is 243 g/mol. The van der Waals surface area contributed by atoms with E-state index in [1.807, 2.05) is 0 Å². The minimum Gasteiger partial charge on any atom is -0.503 e. The minimum atomic E-state index is -1.63. The van der Waals surface area contributed by atoms with Crippen LogP contribution in [0.15, 0.2) is 12.3 Å². The normalized spacial score (nSPS) is 10.8. The molecule has 7 heteroatoms. The lowest BCUT2D eigenvalue weighted by Gasteiger charge is -2.06. The molecule has 0 radical (unpaired) electrons. The number of nitrogens with two attached hydrogens (primary N) is 1. The Kier molecular flexibility index (Phi) is 2.45. The fraction of sp³-hybridized carbons (Fsp3) is 0.100. The van der Waals surface area contributed by atoms with Crippen molar-refractivity contribution < 1.29 is 18.3 Å². The van der Waals surface area contributed by atoms with Gasteiger partial charge in [0, 0.05) is 18.2 Å². The number of hydrogen-bond acceptors (Lipinski definition) is 3. The van der Waals surface area contributed by atoms with E-state index in [9.17, 15) is 13.2 Å². The summed E-state index contributed by atoms with van der Waals surface area (Å²) in [5, 5.41) is 12.8. The van der Waals surface area contributed by atoms with Crippen LogP contribution in [0.2, 0.25) is 0 Å². The quantitative estimate of drug-likeness (QED) is 0.750. The molecular formula is C10H8F3N3O. The zero-order valence-electron chi connectivity index (χ0n) is 8.71.